The number of aliphatic carboxylic acids is 1. The largest absolute Gasteiger partial charge is 0.481 e. The van der Waals surface area contributed by atoms with E-state index in [-0.39, 0.29) is 11.1 Å². The molecule has 7 heteroatoms. The summed E-state index contributed by atoms with van der Waals surface area (Å²) in [5.41, 5.74) is -0.652. The molecule has 2 aromatic rings. The number of imidazole rings is 1. The Kier molecular flexibility index (Phi) is 2.76. The Morgan fingerprint density at radius 2 is 2.11 bits per heavy atom. The number of aryl methyl sites for hydroxylation is 1. The lowest BCUT2D eigenvalue weighted by Gasteiger charge is -2.11. The van der Waals surface area contributed by atoms with Gasteiger partial charge >= 0.3 is 12.1 Å². The molecule has 1 aromatic heterocycles. The van der Waals surface area contributed by atoms with Crippen LogP contribution in [0, 0.1) is 6.92 Å². The molecule has 0 fully saturated rings. The summed E-state index contributed by atoms with van der Waals surface area (Å²) < 4.78 is 38.4. The first-order valence-corrected chi connectivity index (χ1v) is 5.05. The van der Waals surface area contributed by atoms with Crippen LogP contribution in [0.4, 0.5) is 13.2 Å². The fourth-order valence-electron chi connectivity index (χ4n) is 1.80. The number of carboxylic acid groups (broad SMARTS) is 1. The van der Waals surface area contributed by atoms with Crippen LogP contribution in [0.15, 0.2) is 12.1 Å². The van der Waals surface area contributed by atoms with Crippen LogP contribution in [0.1, 0.15) is 17.0 Å². The summed E-state index contributed by atoms with van der Waals surface area (Å²) in [5, 5.41) is 8.64. The van der Waals surface area contributed by atoms with Crippen molar-refractivity contribution in [1.82, 2.24) is 9.97 Å². The highest BCUT2D eigenvalue weighted by Gasteiger charge is 2.34. The van der Waals surface area contributed by atoms with Crippen LogP contribution in [0.2, 0.25) is 0 Å². The summed E-state index contributed by atoms with van der Waals surface area (Å²) in [5.74, 6) is -0.832. The van der Waals surface area contributed by atoms with Crippen molar-refractivity contribution in [3.8, 4) is 0 Å². The van der Waals surface area contributed by atoms with Crippen molar-refractivity contribution in [3.05, 3.63) is 29.1 Å². The van der Waals surface area contributed by atoms with Crippen molar-refractivity contribution >= 4 is 17.0 Å². The van der Waals surface area contributed by atoms with Crippen LogP contribution in [-0.4, -0.2) is 21.0 Å². The molecule has 1 aromatic carbocycles. The molecule has 0 spiro atoms. The number of hydrogen-bond donors (Lipinski definition) is 2. The first-order valence-electron chi connectivity index (χ1n) is 5.05. The third-order valence-corrected chi connectivity index (χ3v) is 2.47. The van der Waals surface area contributed by atoms with Gasteiger partial charge in [-0.05, 0) is 24.6 Å². The van der Waals surface area contributed by atoms with Crippen molar-refractivity contribution in [2.24, 2.45) is 0 Å². The van der Waals surface area contributed by atoms with Crippen molar-refractivity contribution in [1.29, 1.82) is 0 Å². The van der Waals surface area contributed by atoms with Gasteiger partial charge in [-0.25, -0.2) is 4.98 Å². The van der Waals surface area contributed by atoms with Gasteiger partial charge < -0.3 is 10.1 Å². The van der Waals surface area contributed by atoms with Crippen molar-refractivity contribution in [3.63, 3.8) is 0 Å². The number of nitrogens with one attached hydrogen (secondary N) is 1. The third-order valence-electron chi connectivity index (χ3n) is 2.47. The minimum atomic E-state index is -4.59. The number of benzene rings is 1. The minimum absolute atomic E-state index is 0.175. The molecule has 0 amide bonds. The van der Waals surface area contributed by atoms with Crippen LogP contribution in [0.5, 0.6) is 0 Å². The van der Waals surface area contributed by atoms with E-state index < -0.39 is 24.1 Å². The number of aromatic nitrogens is 2. The van der Waals surface area contributed by atoms with E-state index in [2.05, 4.69) is 9.97 Å². The Balaban J connectivity index is 2.66. The quantitative estimate of drug-likeness (QED) is 0.869. The number of carboxylic acids is 1. The number of alkyl halides is 3. The van der Waals surface area contributed by atoms with E-state index in [0.717, 1.165) is 6.07 Å². The number of rotatable bonds is 2. The molecule has 0 unspecified atom stereocenters. The molecule has 2 N–H and O–H groups in total. The number of halogens is 3. The number of aromatic amines is 1. The first kappa shape index (κ1) is 12.4. The fourth-order valence-corrected chi connectivity index (χ4v) is 1.80. The number of H-pyrrole nitrogens is 1. The SMILES string of the molecule is Cc1nc2cc(C(F)(F)F)c(CC(=O)O)cc2[nH]1. The summed E-state index contributed by atoms with van der Waals surface area (Å²) in [7, 11) is 0. The number of nitrogens with zero attached hydrogens (tertiary/aromatic N) is 1. The monoisotopic (exact) mass is 258 g/mol. The smallest absolute Gasteiger partial charge is 0.416 e. The van der Waals surface area contributed by atoms with Crippen molar-refractivity contribution in [2.75, 3.05) is 0 Å². The highest BCUT2D eigenvalue weighted by atomic mass is 19.4. The maximum absolute atomic E-state index is 12.8. The average Bonchev–Trinajstić information content (AvgIpc) is 2.53. The van der Waals surface area contributed by atoms with Gasteiger partial charge in [0.05, 0.1) is 23.0 Å². The standard InChI is InChI=1S/C11H9F3N2O2/c1-5-15-8-2-6(3-10(17)18)7(11(12,13)14)4-9(8)16-5/h2,4H,3H2,1H3,(H,15,16)(H,17,18). The van der Waals surface area contributed by atoms with E-state index in [9.17, 15) is 18.0 Å². The van der Waals surface area contributed by atoms with Crippen LogP contribution in [0.25, 0.3) is 11.0 Å². The molecule has 4 nitrogen and oxygen atoms in total. The Labute approximate surface area is 99.5 Å². The molecule has 1 heterocycles. The molecule has 0 aliphatic heterocycles. The molecular weight excluding hydrogens is 249 g/mol. The van der Waals surface area contributed by atoms with E-state index in [1.807, 2.05) is 0 Å². The van der Waals surface area contributed by atoms with Gasteiger partial charge in [0.1, 0.15) is 5.82 Å². The van der Waals surface area contributed by atoms with E-state index in [1.54, 1.807) is 6.92 Å². The Morgan fingerprint density at radius 3 is 2.67 bits per heavy atom. The highest BCUT2D eigenvalue weighted by molar-refractivity contribution is 5.80. The van der Waals surface area contributed by atoms with Gasteiger partial charge in [0.2, 0.25) is 0 Å². The summed E-state index contributed by atoms with van der Waals surface area (Å²) in [6.45, 7) is 1.62. The second-order valence-electron chi connectivity index (χ2n) is 3.92. The van der Waals surface area contributed by atoms with Gasteiger partial charge in [-0.1, -0.05) is 0 Å². The Morgan fingerprint density at radius 1 is 1.44 bits per heavy atom. The first-order chi connectivity index (χ1) is 8.27. The van der Waals surface area contributed by atoms with Gasteiger partial charge in [-0.2, -0.15) is 13.2 Å². The maximum Gasteiger partial charge on any atom is 0.416 e. The minimum Gasteiger partial charge on any atom is -0.481 e. The summed E-state index contributed by atoms with van der Waals surface area (Å²) in [4.78, 5) is 17.3. The number of hydrogen-bond acceptors (Lipinski definition) is 2. The van der Waals surface area contributed by atoms with E-state index >= 15 is 0 Å². The highest BCUT2D eigenvalue weighted by Crippen LogP contribution is 2.34. The van der Waals surface area contributed by atoms with Gasteiger partial charge in [0.25, 0.3) is 0 Å². The lowest BCUT2D eigenvalue weighted by molar-refractivity contribution is -0.139. The molecular formula is C11H9F3N2O2. The van der Waals surface area contributed by atoms with Crippen LogP contribution < -0.4 is 0 Å². The van der Waals surface area contributed by atoms with Crippen molar-refractivity contribution in [2.45, 2.75) is 19.5 Å². The normalized spacial score (nSPS) is 12.0. The molecule has 0 saturated heterocycles. The number of carbonyl (C=O) groups is 1. The predicted molar refractivity (Wildman–Crippen MR) is 57.2 cm³/mol. The Bertz CT molecular complexity index is 617. The molecule has 2 rings (SSSR count). The maximum atomic E-state index is 12.8. The number of fused-ring (bicyclic) bond motifs is 1. The zero-order valence-electron chi connectivity index (χ0n) is 9.30. The molecule has 0 aliphatic carbocycles. The molecule has 0 atom stereocenters. The summed E-state index contributed by atoms with van der Waals surface area (Å²) in [6.07, 6.45) is -5.27. The van der Waals surface area contributed by atoms with Crippen molar-refractivity contribution < 1.29 is 23.1 Å². The van der Waals surface area contributed by atoms with E-state index in [4.69, 9.17) is 5.11 Å². The topological polar surface area (TPSA) is 66.0 Å². The lowest BCUT2D eigenvalue weighted by Crippen LogP contribution is -2.12. The van der Waals surface area contributed by atoms with Crippen LogP contribution >= 0.6 is 0 Å². The average molecular weight is 258 g/mol. The van der Waals surface area contributed by atoms with Gasteiger partial charge in [-0.15, -0.1) is 0 Å². The van der Waals surface area contributed by atoms with Gasteiger partial charge in [-0.3, -0.25) is 4.79 Å². The second-order valence-corrected chi connectivity index (χ2v) is 3.92. The van der Waals surface area contributed by atoms with Gasteiger partial charge in [0.15, 0.2) is 0 Å². The molecule has 0 bridgehead atoms. The summed E-state index contributed by atoms with van der Waals surface area (Å²) in [6, 6.07) is 2.06. The lowest BCUT2D eigenvalue weighted by atomic mass is 10.0. The molecule has 0 saturated carbocycles. The van der Waals surface area contributed by atoms with Gasteiger partial charge in [0, 0.05) is 0 Å². The molecule has 0 aliphatic rings. The van der Waals surface area contributed by atoms with Crippen LogP contribution in [0.3, 0.4) is 0 Å². The molecule has 96 valence electrons. The second kappa shape index (κ2) is 4.01. The zero-order valence-corrected chi connectivity index (χ0v) is 9.30. The third kappa shape index (κ3) is 2.29. The fraction of sp³-hybridized carbons (Fsp3) is 0.273. The Hall–Kier alpha value is -2.05. The van der Waals surface area contributed by atoms with E-state index in [1.165, 1.54) is 6.07 Å². The predicted octanol–water partition coefficient (Wildman–Crippen LogP) is 2.52. The molecule has 18 heavy (non-hydrogen) atoms. The summed E-state index contributed by atoms with van der Waals surface area (Å²) >= 11 is 0. The zero-order chi connectivity index (χ0) is 13.5. The molecule has 0 radical (unpaired) electrons. The van der Waals surface area contributed by atoms with Crippen LogP contribution in [-0.2, 0) is 17.4 Å². The van der Waals surface area contributed by atoms with E-state index in [0.29, 0.717) is 11.3 Å².